The van der Waals surface area contributed by atoms with Gasteiger partial charge in [-0.1, -0.05) is 37.9 Å². The Labute approximate surface area is 132 Å². The molecule has 2 rings (SSSR count). The molecule has 0 fully saturated rings. The van der Waals surface area contributed by atoms with Gasteiger partial charge in [-0.25, -0.2) is 8.78 Å². The van der Waals surface area contributed by atoms with Gasteiger partial charge in [-0.15, -0.1) is 0 Å². The van der Waals surface area contributed by atoms with Gasteiger partial charge in [0.15, 0.2) is 0 Å². The van der Waals surface area contributed by atoms with Crippen LogP contribution in [0.15, 0.2) is 45.3 Å². The van der Waals surface area contributed by atoms with E-state index in [0.29, 0.717) is 0 Å². The summed E-state index contributed by atoms with van der Waals surface area (Å²) in [6, 6.07) is 8.98. The molecule has 1 unspecified atom stereocenters. The Morgan fingerprint density at radius 2 is 1.75 bits per heavy atom. The van der Waals surface area contributed by atoms with E-state index in [-0.39, 0.29) is 12.0 Å². The van der Waals surface area contributed by atoms with Crippen LogP contribution in [0.2, 0.25) is 0 Å². The molecule has 0 aliphatic carbocycles. The van der Waals surface area contributed by atoms with Crippen molar-refractivity contribution in [3.63, 3.8) is 0 Å². The van der Waals surface area contributed by atoms with E-state index in [0.717, 1.165) is 14.5 Å². The van der Waals surface area contributed by atoms with Crippen LogP contribution in [0.4, 0.5) is 8.78 Å². The van der Waals surface area contributed by atoms with Crippen molar-refractivity contribution in [2.75, 3.05) is 0 Å². The summed E-state index contributed by atoms with van der Waals surface area (Å²) in [4.78, 5) is 0. The monoisotopic (exact) mass is 404 g/mol. The molecular weight excluding hydrogens is 394 g/mol. The third-order valence-electron chi connectivity index (χ3n) is 3.00. The molecule has 1 atom stereocenters. The molecule has 0 aliphatic rings. The van der Waals surface area contributed by atoms with E-state index in [9.17, 15) is 8.78 Å². The predicted octanol–water partition coefficient (Wildman–Crippen LogP) is 4.24. The third-order valence-corrected chi connectivity index (χ3v) is 4.22. The van der Waals surface area contributed by atoms with Crippen molar-refractivity contribution in [3.05, 3.63) is 68.1 Å². The van der Waals surface area contributed by atoms with Crippen molar-refractivity contribution in [1.82, 2.24) is 5.43 Å². The topological polar surface area (TPSA) is 38.0 Å². The molecule has 6 heteroatoms. The molecular formula is C14H12Br2F2N2. The number of halogens is 4. The van der Waals surface area contributed by atoms with Crippen LogP contribution in [0, 0.1) is 11.6 Å². The molecule has 0 spiro atoms. The minimum Gasteiger partial charge on any atom is -0.271 e. The molecule has 0 saturated heterocycles. The smallest absolute Gasteiger partial charge is 0.129 e. The van der Waals surface area contributed by atoms with Crippen LogP contribution < -0.4 is 11.3 Å². The number of rotatable bonds is 4. The molecule has 20 heavy (non-hydrogen) atoms. The van der Waals surface area contributed by atoms with Gasteiger partial charge < -0.3 is 0 Å². The van der Waals surface area contributed by atoms with E-state index in [1.807, 2.05) is 18.2 Å². The maximum absolute atomic E-state index is 13.7. The van der Waals surface area contributed by atoms with Crippen LogP contribution in [0.1, 0.15) is 17.2 Å². The van der Waals surface area contributed by atoms with E-state index in [2.05, 4.69) is 37.3 Å². The summed E-state index contributed by atoms with van der Waals surface area (Å²) >= 11 is 6.79. The lowest BCUT2D eigenvalue weighted by molar-refractivity contribution is 0.499. The van der Waals surface area contributed by atoms with Crippen LogP contribution in [-0.4, -0.2) is 0 Å². The summed E-state index contributed by atoms with van der Waals surface area (Å²) in [5, 5.41) is 0. The predicted molar refractivity (Wildman–Crippen MR) is 82.0 cm³/mol. The van der Waals surface area contributed by atoms with Gasteiger partial charge in [0.05, 0.1) is 6.04 Å². The maximum atomic E-state index is 13.7. The summed E-state index contributed by atoms with van der Waals surface area (Å²) in [6.07, 6.45) is 0.115. The van der Waals surface area contributed by atoms with Gasteiger partial charge in [0.2, 0.25) is 0 Å². The average Bonchev–Trinajstić information content (AvgIpc) is 2.42. The number of nitrogens with one attached hydrogen (secondary N) is 1. The van der Waals surface area contributed by atoms with Crippen LogP contribution in [0.5, 0.6) is 0 Å². The van der Waals surface area contributed by atoms with Gasteiger partial charge in [-0.2, -0.15) is 0 Å². The summed E-state index contributed by atoms with van der Waals surface area (Å²) in [7, 11) is 0. The van der Waals surface area contributed by atoms with Crippen LogP contribution in [0.25, 0.3) is 0 Å². The molecule has 0 saturated carbocycles. The Morgan fingerprint density at radius 3 is 2.35 bits per heavy atom. The van der Waals surface area contributed by atoms with Crippen molar-refractivity contribution < 1.29 is 8.78 Å². The summed E-state index contributed by atoms with van der Waals surface area (Å²) in [5.74, 6) is 4.40. The van der Waals surface area contributed by atoms with E-state index >= 15 is 0 Å². The van der Waals surface area contributed by atoms with Crippen molar-refractivity contribution in [1.29, 1.82) is 0 Å². The zero-order chi connectivity index (χ0) is 14.7. The lowest BCUT2D eigenvalue weighted by Crippen LogP contribution is -2.30. The Hall–Kier alpha value is -0.820. The quantitative estimate of drug-likeness (QED) is 0.589. The van der Waals surface area contributed by atoms with Gasteiger partial charge in [0, 0.05) is 14.5 Å². The third kappa shape index (κ3) is 3.44. The Kier molecular flexibility index (Phi) is 5.26. The van der Waals surface area contributed by atoms with E-state index in [1.165, 1.54) is 18.2 Å². The largest absolute Gasteiger partial charge is 0.271 e. The van der Waals surface area contributed by atoms with Crippen molar-refractivity contribution in [2.24, 2.45) is 5.84 Å². The zero-order valence-corrected chi connectivity index (χ0v) is 13.5. The first-order chi connectivity index (χ1) is 9.52. The lowest BCUT2D eigenvalue weighted by Gasteiger charge is -2.19. The molecule has 0 amide bonds. The van der Waals surface area contributed by atoms with Gasteiger partial charge in [0.1, 0.15) is 11.6 Å². The number of hydrogen-bond acceptors (Lipinski definition) is 2. The maximum Gasteiger partial charge on any atom is 0.129 e. The first-order valence-electron chi connectivity index (χ1n) is 5.87. The number of benzene rings is 2. The van der Waals surface area contributed by atoms with Crippen molar-refractivity contribution in [2.45, 2.75) is 12.5 Å². The second kappa shape index (κ2) is 6.76. The summed E-state index contributed by atoms with van der Waals surface area (Å²) < 4.78 is 29.1. The summed E-state index contributed by atoms with van der Waals surface area (Å²) in [5.41, 5.74) is 3.44. The zero-order valence-electron chi connectivity index (χ0n) is 10.3. The molecule has 0 heterocycles. The highest BCUT2D eigenvalue weighted by Gasteiger charge is 2.18. The minimum absolute atomic E-state index is 0.0160. The number of hydrogen-bond donors (Lipinski definition) is 2. The highest BCUT2D eigenvalue weighted by atomic mass is 79.9. The number of nitrogens with two attached hydrogens (primary N) is 1. The normalized spacial score (nSPS) is 12.4. The Bertz CT molecular complexity index is 600. The van der Waals surface area contributed by atoms with Gasteiger partial charge in [0.25, 0.3) is 0 Å². The fourth-order valence-electron chi connectivity index (χ4n) is 1.97. The van der Waals surface area contributed by atoms with Gasteiger partial charge in [-0.3, -0.25) is 11.3 Å². The molecule has 0 bridgehead atoms. The highest BCUT2D eigenvalue weighted by molar-refractivity contribution is 9.11. The Morgan fingerprint density at radius 1 is 1.10 bits per heavy atom. The molecule has 106 valence electrons. The summed E-state index contributed by atoms with van der Waals surface area (Å²) in [6.45, 7) is 0. The lowest BCUT2D eigenvalue weighted by atomic mass is 9.98. The number of hydrazine groups is 1. The van der Waals surface area contributed by atoms with Gasteiger partial charge >= 0.3 is 0 Å². The fourth-order valence-corrected chi connectivity index (χ4v) is 2.87. The van der Waals surface area contributed by atoms with E-state index < -0.39 is 17.7 Å². The first kappa shape index (κ1) is 15.6. The minimum atomic E-state index is -0.573. The molecule has 0 aromatic heterocycles. The molecule has 0 radical (unpaired) electrons. The average molecular weight is 406 g/mol. The van der Waals surface area contributed by atoms with Crippen LogP contribution in [0.3, 0.4) is 0 Å². The Balaban J connectivity index is 2.36. The molecule has 2 nitrogen and oxygen atoms in total. The first-order valence-corrected chi connectivity index (χ1v) is 7.45. The SMILES string of the molecule is NNC(Cc1c(F)cccc1F)c1cc(Br)ccc1Br. The fraction of sp³-hybridized carbons (Fsp3) is 0.143. The van der Waals surface area contributed by atoms with E-state index in [1.54, 1.807) is 0 Å². The molecule has 0 aliphatic heterocycles. The molecule has 2 aromatic carbocycles. The highest BCUT2D eigenvalue weighted by Crippen LogP contribution is 2.29. The molecule has 3 N–H and O–H groups in total. The van der Waals surface area contributed by atoms with Crippen LogP contribution >= 0.6 is 31.9 Å². The second-order valence-corrected chi connectivity index (χ2v) is 6.06. The standard InChI is InChI=1S/C14H12Br2F2N2/c15-8-4-5-11(16)9(6-8)14(20-19)7-10-12(17)2-1-3-13(10)18/h1-6,14,20H,7,19H2. The van der Waals surface area contributed by atoms with Gasteiger partial charge in [-0.05, 0) is 42.3 Å². The van der Waals surface area contributed by atoms with Crippen molar-refractivity contribution in [3.8, 4) is 0 Å². The molecule has 2 aromatic rings. The van der Waals surface area contributed by atoms with Crippen molar-refractivity contribution >= 4 is 31.9 Å². The second-order valence-electron chi connectivity index (χ2n) is 4.29. The van der Waals surface area contributed by atoms with Crippen LogP contribution in [-0.2, 0) is 6.42 Å². The van der Waals surface area contributed by atoms with E-state index in [4.69, 9.17) is 5.84 Å².